The van der Waals surface area contributed by atoms with Crippen LogP contribution >= 0.6 is 0 Å². The van der Waals surface area contributed by atoms with E-state index >= 15 is 0 Å². The topological polar surface area (TPSA) is 63.3 Å². The molecule has 3 N–H and O–H groups in total. The zero-order chi connectivity index (χ0) is 13.5. The summed E-state index contributed by atoms with van der Waals surface area (Å²) in [5, 5.41) is 9.23. The molecule has 18 heavy (non-hydrogen) atoms. The summed E-state index contributed by atoms with van der Waals surface area (Å²) in [6, 6.07) is 6.18. The summed E-state index contributed by atoms with van der Waals surface area (Å²) < 4.78 is 0. The average Bonchev–Trinajstić information content (AvgIpc) is 2.32. The van der Waals surface area contributed by atoms with E-state index < -0.39 is 5.97 Å². The molecule has 0 spiro atoms. The van der Waals surface area contributed by atoms with Gasteiger partial charge in [0.1, 0.15) is 0 Å². The van der Waals surface area contributed by atoms with Crippen LogP contribution in [0.25, 0.3) is 0 Å². The lowest BCUT2D eigenvalue weighted by Crippen LogP contribution is -2.17. The average molecular weight is 249 g/mol. The molecule has 0 fully saturated rings. The van der Waals surface area contributed by atoms with E-state index in [1.807, 2.05) is 6.07 Å². The summed E-state index contributed by atoms with van der Waals surface area (Å²) in [6.07, 6.45) is 3.11. The fraction of sp³-hybridized carbons (Fsp3) is 0.533. The molecular formula is C15H23NO2. The summed E-state index contributed by atoms with van der Waals surface area (Å²) in [5.74, 6) is -0.996. The molecule has 1 rings (SSSR count). The Kier molecular flexibility index (Phi) is 5.86. The molecule has 0 aliphatic heterocycles. The molecule has 0 saturated heterocycles. The molecule has 100 valence electrons. The van der Waals surface area contributed by atoms with Gasteiger partial charge in [-0.2, -0.15) is 0 Å². The predicted molar refractivity (Wildman–Crippen MR) is 73.7 cm³/mol. The Labute approximate surface area is 109 Å². The van der Waals surface area contributed by atoms with Crippen LogP contribution in [0, 0.1) is 19.8 Å². The van der Waals surface area contributed by atoms with Crippen molar-refractivity contribution in [1.29, 1.82) is 0 Å². The van der Waals surface area contributed by atoms with Crippen LogP contribution in [0.1, 0.15) is 36.0 Å². The number of hydrogen-bond donors (Lipinski definition) is 2. The van der Waals surface area contributed by atoms with E-state index in [0.29, 0.717) is 19.4 Å². The summed E-state index contributed by atoms with van der Waals surface area (Å²) in [4.78, 5) is 11.2. The van der Waals surface area contributed by atoms with Gasteiger partial charge in [0, 0.05) is 0 Å². The molecule has 3 nitrogen and oxygen atoms in total. The highest BCUT2D eigenvalue weighted by molar-refractivity contribution is 5.70. The summed E-state index contributed by atoms with van der Waals surface area (Å²) in [6.45, 7) is 4.76. The lowest BCUT2D eigenvalue weighted by Gasteiger charge is -2.13. The molecule has 0 amide bonds. The molecular weight excluding hydrogens is 226 g/mol. The fourth-order valence-corrected chi connectivity index (χ4v) is 2.06. The van der Waals surface area contributed by atoms with Gasteiger partial charge in [-0.3, -0.25) is 4.79 Å². The molecule has 0 bridgehead atoms. The van der Waals surface area contributed by atoms with Crippen LogP contribution in [0.3, 0.4) is 0 Å². The van der Waals surface area contributed by atoms with Gasteiger partial charge < -0.3 is 10.8 Å². The Morgan fingerprint density at radius 3 is 2.56 bits per heavy atom. The summed E-state index contributed by atoms with van der Waals surface area (Å²) in [7, 11) is 0. The Bertz CT molecular complexity index is 401. The standard InChI is InChI=1S/C15H23NO2/c1-11-6-7-13(9-12(11)2)10-14(15(17)18)5-3-4-8-16/h6-7,9,14H,3-5,8,10,16H2,1-2H3,(H,17,18). The van der Waals surface area contributed by atoms with Gasteiger partial charge in [0.2, 0.25) is 0 Å². The van der Waals surface area contributed by atoms with Crippen molar-refractivity contribution in [3.8, 4) is 0 Å². The summed E-state index contributed by atoms with van der Waals surface area (Å²) >= 11 is 0. The second kappa shape index (κ2) is 7.17. The molecule has 0 aliphatic rings. The Balaban J connectivity index is 2.64. The predicted octanol–water partition coefficient (Wildman–Crippen LogP) is 2.68. The van der Waals surface area contributed by atoms with Gasteiger partial charge in [0.15, 0.2) is 0 Å². The van der Waals surface area contributed by atoms with Crippen molar-refractivity contribution < 1.29 is 9.90 Å². The molecule has 0 aliphatic carbocycles. The molecule has 1 aromatic rings. The van der Waals surface area contributed by atoms with Crippen LogP contribution in [0.4, 0.5) is 0 Å². The van der Waals surface area contributed by atoms with Crippen molar-refractivity contribution >= 4 is 5.97 Å². The van der Waals surface area contributed by atoms with E-state index in [-0.39, 0.29) is 5.92 Å². The number of rotatable bonds is 7. The highest BCUT2D eigenvalue weighted by Crippen LogP contribution is 2.18. The number of carboxylic acids is 1. The number of carbonyl (C=O) groups is 1. The Morgan fingerprint density at radius 1 is 1.28 bits per heavy atom. The van der Waals surface area contributed by atoms with E-state index in [9.17, 15) is 9.90 Å². The van der Waals surface area contributed by atoms with Gasteiger partial charge in [0.05, 0.1) is 5.92 Å². The molecule has 0 radical (unpaired) electrons. The van der Waals surface area contributed by atoms with Crippen molar-refractivity contribution in [3.05, 3.63) is 34.9 Å². The zero-order valence-corrected chi connectivity index (χ0v) is 11.3. The molecule has 1 aromatic carbocycles. The minimum absolute atomic E-state index is 0.293. The Morgan fingerprint density at radius 2 is 2.00 bits per heavy atom. The van der Waals surface area contributed by atoms with Gasteiger partial charge in [-0.25, -0.2) is 0 Å². The van der Waals surface area contributed by atoms with Gasteiger partial charge in [-0.05, 0) is 56.3 Å². The molecule has 0 heterocycles. The van der Waals surface area contributed by atoms with E-state index in [1.165, 1.54) is 11.1 Å². The fourth-order valence-electron chi connectivity index (χ4n) is 2.06. The van der Waals surface area contributed by atoms with Crippen molar-refractivity contribution in [2.24, 2.45) is 11.7 Å². The quantitative estimate of drug-likeness (QED) is 0.730. The first-order valence-electron chi connectivity index (χ1n) is 6.53. The third-order valence-electron chi connectivity index (χ3n) is 3.41. The maximum atomic E-state index is 11.2. The second-order valence-corrected chi connectivity index (χ2v) is 4.94. The van der Waals surface area contributed by atoms with E-state index in [2.05, 4.69) is 26.0 Å². The molecule has 1 atom stereocenters. The van der Waals surface area contributed by atoms with Crippen LogP contribution in [0.15, 0.2) is 18.2 Å². The van der Waals surface area contributed by atoms with Crippen molar-refractivity contribution in [3.63, 3.8) is 0 Å². The maximum absolute atomic E-state index is 11.2. The first kappa shape index (κ1) is 14.7. The number of aryl methyl sites for hydroxylation is 2. The smallest absolute Gasteiger partial charge is 0.306 e. The third kappa shape index (κ3) is 4.49. The molecule has 0 saturated carbocycles. The number of aliphatic carboxylic acids is 1. The van der Waals surface area contributed by atoms with Gasteiger partial charge in [-0.1, -0.05) is 24.6 Å². The molecule has 0 aromatic heterocycles. The van der Waals surface area contributed by atoms with E-state index in [1.54, 1.807) is 0 Å². The maximum Gasteiger partial charge on any atom is 0.306 e. The molecule has 1 unspecified atom stereocenters. The van der Waals surface area contributed by atoms with Crippen LogP contribution in [-0.4, -0.2) is 17.6 Å². The molecule has 3 heteroatoms. The first-order chi connectivity index (χ1) is 8.54. The van der Waals surface area contributed by atoms with Gasteiger partial charge in [-0.15, -0.1) is 0 Å². The SMILES string of the molecule is Cc1ccc(CC(CCCCN)C(=O)O)cc1C. The van der Waals surface area contributed by atoms with Gasteiger partial charge in [0.25, 0.3) is 0 Å². The minimum Gasteiger partial charge on any atom is -0.481 e. The van der Waals surface area contributed by atoms with Crippen LogP contribution < -0.4 is 5.73 Å². The van der Waals surface area contributed by atoms with Crippen LogP contribution in [0.5, 0.6) is 0 Å². The highest BCUT2D eigenvalue weighted by Gasteiger charge is 2.17. The number of carboxylic acid groups (broad SMARTS) is 1. The first-order valence-corrected chi connectivity index (χ1v) is 6.53. The number of nitrogens with two attached hydrogens (primary N) is 1. The van der Waals surface area contributed by atoms with Crippen LogP contribution in [0.2, 0.25) is 0 Å². The minimum atomic E-state index is -0.703. The van der Waals surface area contributed by atoms with Gasteiger partial charge >= 0.3 is 5.97 Å². The lowest BCUT2D eigenvalue weighted by molar-refractivity contribution is -0.142. The lowest BCUT2D eigenvalue weighted by atomic mass is 9.92. The third-order valence-corrected chi connectivity index (χ3v) is 3.41. The number of hydrogen-bond acceptors (Lipinski definition) is 2. The Hall–Kier alpha value is -1.35. The van der Waals surface area contributed by atoms with Crippen molar-refractivity contribution in [2.75, 3.05) is 6.54 Å². The number of benzene rings is 1. The van der Waals surface area contributed by atoms with Crippen molar-refractivity contribution in [2.45, 2.75) is 39.5 Å². The monoisotopic (exact) mass is 249 g/mol. The number of unbranched alkanes of at least 4 members (excludes halogenated alkanes) is 1. The highest BCUT2D eigenvalue weighted by atomic mass is 16.4. The zero-order valence-electron chi connectivity index (χ0n) is 11.3. The normalized spacial score (nSPS) is 12.4. The van der Waals surface area contributed by atoms with Crippen molar-refractivity contribution in [1.82, 2.24) is 0 Å². The largest absolute Gasteiger partial charge is 0.481 e. The van der Waals surface area contributed by atoms with Crippen LogP contribution in [-0.2, 0) is 11.2 Å². The van der Waals surface area contributed by atoms with E-state index in [0.717, 1.165) is 18.4 Å². The van der Waals surface area contributed by atoms with E-state index in [4.69, 9.17) is 5.73 Å². The second-order valence-electron chi connectivity index (χ2n) is 4.94. The summed E-state index contributed by atoms with van der Waals surface area (Å²) in [5.41, 5.74) is 9.01.